The maximum absolute atomic E-state index is 10.5. The molecule has 0 radical (unpaired) electrons. The Morgan fingerprint density at radius 1 is 0.769 bits per heavy atom. The van der Waals surface area contributed by atoms with Gasteiger partial charge in [0.1, 0.15) is 12.4 Å². The molecule has 0 saturated heterocycles. The van der Waals surface area contributed by atoms with Crippen LogP contribution in [0.25, 0.3) is 0 Å². The van der Waals surface area contributed by atoms with Gasteiger partial charge in [0.25, 0.3) is 0 Å². The van der Waals surface area contributed by atoms with E-state index >= 15 is 0 Å². The molecule has 2 rings (SSSR count). The molecule has 0 spiro atoms. The summed E-state index contributed by atoms with van der Waals surface area (Å²) in [5.74, 6) is 0.628. The zero-order valence-corrected chi connectivity index (χ0v) is 18.2. The molecular formula is C20H25NaO4S. The van der Waals surface area contributed by atoms with E-state index in [1.54, 1.807) is 0 Å². The fourth-order valence-electron chi connectivity index (χ4n) is 2.63. The number of hydrogen-bond acceptors (Lipinski definition) is 4. The minimum Gasteiger partial charge on any atom is -0.748 e. The smallest absolute Gasteiger partial charge is 0.748 e. The molecule has 0 atom stereocenters. The van der Waals surface area contributed by atoms with Crippen molar-refractivity contribution in [3.63, 3.8) is 0 Å². The number of benzene rings is 2. The molecule has 0 unspecified atom stereocenters. The van der Waals surface area contributed by atoms with Crippen molar-refractivity contribution in [3.05, 3.63) is 65.7 Å². The van der Waals surface area contributed by atoms with Gasteiger partial charge in [-0.2, -0.15) is 0 Å². The van der Waals surface area contributed by atoms with E-state index in [1.807, 2.05) is 42.5 Å². The fraction of sp³-hybridized carbons (Fsp3) is 0.400. The molecule has 2 aromatic carbocycles. The van der Waals surface area contributed by atoms with Gasteiger partial charge in [-0.25, -0.2) is 8.42 Å². The van der Waals surface area contributed by atoms with E-state index in [4.69, 9.17) is 4.74 Å². The topological polar surface area (TPSA) is 66.4 Å². The van der Waals surface area contributed by atoms with Crippen LogP contribution in [0.1, 0.15) is 43.2 Å². The first-order valence-electron chi connectivity index (χ1n) is 8.72. The van der Waals surface area contributed by atoms with Crippen molar-refractivity contribution >= 4 is 10.1 Å². The van der Waals surface area contributed by atoms with Gasteiger partial charge in [0.05, 0.1) is 10.1 Å². The fourth-order valence-corrected chi connectivity index (χ4v) is 3.19. The second kappa shape index (κ2) is 12.5. The summed E-state index contributed by atoms with van der Waals surface area (Å²) in [7, 11) is -4.05. The Morgan fingerprint density at radius 2 is 1.38 bits per heavy atom. The molecule has 0 aliphatic rings. The van der Waals surface area contributed by atoms with Crippen molar-refractivity contribution in [2.45, 2.75) is 45.1 Å². The van der Waals surface area contributed by atoms with E-state index in [9.17, 15) is 13.0 Å². The minimum atomic E-state index is -4.05. The normalized spacial score (nSPS) is 11.0. The summed E-state index contributed by atoms with van der Waals surface area (Å²) >= 11 is 0. The number of aryl methyl sites for hydroxylation is 1. The molecule has 0 bridgehead atoms. The Labute approximate surface area is 179 Å². The second-order valence-electron chi connectivity index (χ2n) is 6.20. The van der Waals surface area contributed by atoms with Crippen molar-refractivity contribution in [2.24, 2.45) is 0 Å². The van der Waals surface area contributed by atoms with Crippen molar-refractivity contribution in [2.75, 3.05) is 5.75 Å². The summed E-state index contributed by atoms with van der Waals surface area (Å²) in [6.07, 6.45) is 5.35. The van der Waals surface area contributed by atoms with Gasteiger partial charge in [0.2, 0.25) is 0 Å². The van der Waals surface area contributed by atoms with Crippen LogP contribution in [-0.2, 0) is 23.1 Å². The van der Waals surface area contributed by atoms with Crippen molar-refractivity contribution in [3.8, 4) is 5.75 Å². The van der Waals surface area contributed by atoms with Crippen LogP contribution in [0, 0.1) is 0 Å². The van der Waals surface area contributed by atoms with Gasteiger partial charge >= 0.3 is 29.6 Å². The Balaban J connectivity index is 0.00000338. The largest absolute Gasteiger partial charge is 1.00 e. The Kier molecular flexibility index (Phi) is 11.2. The number of unbranched alkanes of at least 4 members (excludes halogenated alkanes) is 4. The zero-order valence-electron chi connectivity index (χ0n) is 15.4. The van der Waals surface area contributed by atoms with Gasteiger partial charge in [0.15, 0.2) is 0 Å². The third-order valence-electron chi connectivity index (χ3n) is 4.03. The van der Waals surface area contributed by atoms with Gasteiger partial charge < -0.3 is 9.29 Å². The van der Waals surface area contributed by atoms with Crippen LogP contribution < -0.4 is 34.3 Å². The van der Waals surface area contributed by atoms with Crippen LogP contribution >= 0.6 is 0 Å². The van der Waals surface area contributed by atoms with Crippen LogP contribution in [0.5, 0.6) is 5.75 Å². The number of hydrogen-bond donors (Lipinski definition) is 0. The first kappa shape index (κ1) is 23.2. The van der Waals surface area contributed by atoms with Gasteiger partial charge in [-0.05, 0) is 42.5 Å². The number of rotatable bonds is 11. The zero-order chi connectivity index (χ0) is 18.0. The van der Waals surface area contributed by atoms with Crippen LogP contribution in [-0.4, -0.2) is 18.7 Å². The second-order valence-corrected chi connectivity index (χ2v) is 7.72. The Morgan fingerprint density at radius 3 is 2.04 bits per heavy atom. The third kappa shape index (κ3) is 10.3. The molecular weight excluding hydrogens is 359 g/mol. The van der Waals surface area contributed by atoms with E-state index in [0.717, 1.165) is 43.4 Å². The monoisotopic (exact) mass is 384 g/mol. The quantitative estimate of drug-likeness (QED) is 0.333. The summed E-state index contributed by atoms with van der Waals surface area (Å²) in [6.45, 7) is 0.569. The van der Waals surface area contributed by atoms with Crippen LogP contribution in [0.4, 0.5) is 0 Å². The third-order valence-corrected chi connectivity index (χ3v) is 4.82. The Hall–Kier alpha value is -0.850. The molecule has 0 N–H and O–H groups in total. The predicted octanol–water partition coefficient (Wildman–Crippen LogP) is 1.31. The number of ether oxygens (including phenoxy) is 1. The summed E-state index contributed by atoms with van der Waals surface area (Å²) in [5, 5.41) is 0. The first-order chi connectivity index (χ1) is 12.0. The summed E-state index contributed by atoms with van der Waals surface area (Å²) in [4.78, 5) is 0. The van der Waals surface area contributed by atoms with E-state index < -0.39 is 10.1 Å². The minimum absolute atomic E-state index is 0. The predicted molar refractivity (Wildman–Crippen MR) is 98.6 cm³/mol. The Bertz CT molecular complexity index is 715. The van der Waals surface area contributed by atoms with Gasteiger partial charge in [-0.15, -0.1) is 0 Å². The summed E-state index contributed by atoms with van der Waals surface area (Å²) in [5.41, 5.74) is 2.42. The van der Waals surface area contributed by atoms with Crippen LogP contribution in [0.15, 0.2) is 54.6 Å². The standard InChI is InChI=1S/C20H26O4S.Na/c21-25(22,23)16-8-3-1-2-5-9-18-12-14-20(15-13-18)24-17-19-10-6-4-7-11-19;/h4,6-7,10-15H,1-3,5,8-9,16-17H2,(H,21,22,23);/q;+1/p-1. The maximum atomic E-state index is 10.5. The van der Waals surface area contributed by atoms with Gasteiger partial charge in [-0.3, -0.25) is 0 Å². The van der Waals surface area contributed by atoms with Crippen LogP contribution in [0.3, 0.4) is 0 Å². The van der Waals surface area contributed by atoms with E-state index in [0.29, 0.717) is 13.0 Å². The average Bonchev–Trinajstić information content (AvgIpc) is 2.60. The molecule has 0 saturated carbocycles. The molecule has 0 aromatic heterocycles. The van der Waals surface area contributed by atoms with E-state index in [1.165, 1.54) is 5.56 Å². The molecule has 0 fully saturated rings. The molecule has 0 heterocycles. The van der Waals surface area contributed by atoms with Gasteiger partial charge in [0, 0.05) is 5.75 Å². The molecule has 6 heteroatoms. The summed E-state index contributed by atoms with van der Waals surface area (Å²) < 4.78 is 37.3. The molecule has 0 aliphatic heterocycles. The van der Waals surface area contributed by atoms with E-state index in [-0.39, 0.29) is 35.3 Å². The SMILES string of the molecule is O=S(=O)([O-])CCCCCCCc1ccc(OCc2ccccc2)cc1.[Na+]. The van der Waals surface area contributed by atoms with Crippen molar-refractivity contribution in [1.82, 2.24) is 0 Å². The molecule has 136 valence electrons. The molecule has 2 aromatic rings. The molecule has 0 aliphatic carbocycles. The maximum Gasteiger partial charge on any atom is 1.00 e. The van der Waals surface area contributed by atoms with Crippen LogP contribution in [0.2, 0.25) is 0 Å². The van der Waals surface area contributed by atoms with Crippen molar-refractivity contribution in [1.29, 1.82) is 0 Å². The van der Waals surface area contributed by atoms with E-state index in [2.05, 4.69) is 12.1 Å². The first-order valence-corrected chi connectivity index (χ1v) is 10.3. The van der Waals surface area contributed by atoms with Crippen molar-refractivity contribution < 1.29 is 47.3 Å². The van der Waals surface area contributed by atoms with Gasteiger partial charge in [-0.1, -0.05) is 61.7 Å². The molecule has 4 nitrogen and oxygen atoms in total. The average molecular weight is 384 g/mol. The summed E-state index contributed by atoms with van der Waals surface area (Å²) in [6, 6.07) is 18.2. The molecule has 26 heavy (non-hydrogen) atoms. The molecule has 0 amide bonds.